The lowest BCUT2D eigenvalue weighted by Gasteiger charge is -2.07. The summed E-state index contributed by atoms with van der Waals surface area (Å²) in [4.78, 5) is 11.3. The van der Waals surface area contributed by atoms with E-state index in [9.17, 15) is 4.79 Å². The fourth-order valence-corrected chi connectivity index (χ4v) is 1.24. The average Bonchev–Trinajstić information content (AvgIpc) is 2.29. The van der Waals surface area contributed by atoms with E-state index in [1.807, 2.05) is 12.1 Å². The molecule has 0 aromatic heterocycles. The number of halogens is 1. The summed E-state index contributed by atoms with van der Waals surface area (Å²) in [6.07, 6.45) is 0. The van der Waals surface area contributed by atoms with Gasteiger partial charge in [0, 0.05) is 25.2 Å². The number of urea groups is 1. The second-order valence-corrected chi connectivity index (χ2v) is 3.67. The topological polar surface area (TPSA) is 50.4 Å². The Morgan fingerprint density at radius 1 is 1.31 bits per heavy atom. The number of amides is 2. The maximum Gasteiger partial charge on any atom is 0.315 e. The molecular weight excluding hydrogens is 228 g/mol. The molecule has 0 fully saturated rings. The Morgan fingerprint density at radius 2 is 2.00 bits per heavy atom. The normalized spacial score (nSPS) is 9.88. The number of benzene rings is 1. The number of ether oxygens (including phenoxy) is 1. The molecule has 16 heavy (non-hydrogen) atoms. The van der Waals surface area contributed by atoms with E-state index in [-0.39, 0.29) is 6.03 Å². The zero-order valence-corrected chi connectivity index (χ0v) is 9.88. The molecule has 0 atom stereocenters. The molecule has 0 aliphatic heterocycles. The number of hydrogen-bond acceptors (Lipinski definition) is 2. The minimum Gasteiger partial charge on any atom is -0.383 e. The first-order valence-corrected chi connectivity index (χ1v) is 5.35. The van der Waals surface area contributed by atoms with Gasteiger partial charge in [-0.05, 0) is 17.7 Å². The van der Waals surface area contributed by atoms with E-state index < -0.39 is 0 Å². The summed E-state index contributed by atoms with van der Waals surface area (Å²) < 4.78 is 4.81. The molecule has 0 saturated heterocycles. The number of rotatable bonds is 5. The van der Waals surface area contributed by atoms with Crippen LogP contribution >= 0.6 is 11.6 Å². The summed E-state index contributed by atoms with van der Waals surface area (Å²) in [6, 6.07) is 7.13. The molecule has 2 N–H and O–H groups in total. The Hall–Kier alpha value is -1.26. The molecule has 0 radical (unpaired) electrons. The maximum absolute atomic E-state index is 11.3. The molecule has 0 heterocycles. The van der Waals surface area contributed by atoms with Crippen LogP contribution in [0.1, 0.15) is 5.56 Å². The zero-order chi connectivity index (χ0) is 11.8. The summed E-state index contributed by atoms with van der Waals surface area (Å²) in [7, 11) is 1.59. The van der Waals surface area contributed by atoms with Gasteiger partial charge in [-0.15, -0.1) is 0 Å². The highest BCUT2D eigenvalue weighted by Gasteiger charge is 1.99. The van der Waals surface area contributed by atoms with Crippen molar-refractivity contribution < 1.29 is 9.53 Å². The summed E-state index contributed by atoms with van der Waals surface area (Å²) >= 11 is 5.75. The Balaban J connectivity index is 2.23. The summed E-state index contributed by atoms with van der Waals surface area (Å²) in [5.74, 6) is 0. The van der Waals surface area contributed by atoms with Gasteiger partial charge >= 0.3 is 6.03 Å². The lowest BCUT2D eigenvalue weighted by molar-refractivity contribution is 0.196. The number of carbonyl (C=O) groups is 1. The second-order valence-electron chi connectivity index (χ2n) is 3.23. The SMILES string of the molecule is COCCNC(=O)NCc1ccc(Cl)cc1. The zero-order valence-electron chi connectivity index (χ0n) is 9.13. The van der Waals surface area contributed by atoms with Crippen LogP contribution in [0.15, 0.2) is 24.3 Å². The molecule has 0 bridgehead atoms. The smallest absolute Gasteiger partial charge is 0.315 e. The number of nitrogens with one attached hydrogen (secondary N) is 2. The van der Waals surface area contributed by atoms with Crippen molar-refractivity contribution in [3.8, 4) is 0 Å². The van der Waals surface area contributed by atoms with Crippen molar-refractivity contribution in [2.45, 2.75) is 6.54 Å². The van der Waals surface area contributed by atoms with Gasteiger partial charge in [0.2, 0.25) is 0 Å². The maximum atomic E-state index is 11.3. The van der Waals surface area contributed by atoms with Crippen molar-refractivity contribution in [3.63, 3.8) is 0 Å². The summed E-state index contributed by atoms with van der Waals surface area (Å²) in [5, 5.41) is 6.08. The van der Waals surface area contributed by atoms with Gasteiger partial charge in [-0.1, -0.05) is 23.7 Å². The molecule has 2 amide bonds. The minimum absolute atomic E-state index is 0.202. The molecule has 0 aliphatic carbocycles. The Morgan fingerprint density at radius 3 is 2.62 bits per heavy atom. The van der Waals surface area contributed by atoms with Gasteiger partial charge in [0.1, 0.15) is 0 Å². The second kappa shape index (κ2) is 7.09. The molecule has 0 aliphatic rings. The number of methoxy groups -OCH3 is 1. The lowest BCUT2D eigenvalue weighted by Crippen LogP contribution is -2.36. The van der Waals surface area contributed by atoms with Gasteiger partial charge in [0.25, 0.3) is 0 Å². The van der Waals surface area contributed by atoms with Crippen LogP contribution in [-0.2, 0) is 11.3 Å². The molecule has 0 spiro atoms. The van der Waals surface area contributed by atoms with Gasteiger partial charge in [-0.3, -0.25) is 0 Å². The quantitative estimate of drug-likeness (QED) is 0.774. The van der Waals surface area contributed by atoms with Crippen LogP contribution in [0.3, 0.4) is 0 Å². The average molecular weight is 243 g/mol. The van der Waals surface area contributed by atoms with Gasteiger partial charge in [0.05, 0.1) is 6.61 Å². The van der Waals surface area contributed by atoms with E-state index >= 15 is 0 Å². The number of carbonyl (C=O) groups excluding carboxylic acids is 1. The van der Waals surface area contributed by atoms with Crippen LogP contribution < -0.4 is 10.6 Å². The van der Waals surface area contributed by atoms with Gasteiger partial charge < -0.3 is 15.4 Å². The Bertz CT molecular complexity index is 327. The van der Waals surface area contributed by atoms with Crippen LogP contribution in [-0.4, -0.2) is 26.3 Å². The van der Waals surface area contributed by atoms with Crippen molar-refractivity contribution in [3.05, 3.63) is 34.9 Å². The largest absolute Gasteiger partial charge is 0.383 e. The Kier molecular flexibility index (Phi) is 5.67. The monoisotopic (exact) mass is 242 g/mol. The van der Waals surface area contributed by atoms with Crippen LogP contribution in [0, 0.1) is 0 Å². The van der Waals surface area contributed by atoms with E-state index in [0.717, 1.165) is 5.56 Å². The Labute approximate surface area is 99.9 Å². The first kappa shape index (κ1) is 12.8. The summed E-state index contributed by atoms with van der Waals surface area (Å²) in [5.41, 5.74) is 1.01. The van der Waals surface area contributed by atoms with Crippen molar-refractivity contribution in [2.24, 2.45) is 0 Å². The first-order chi connectivity index (χ1) is 7.72. The third-order valence-electron chi connectivity index (χ3n) is 1.96. The number of hydrogen-bond donors (Lipinski definition) is 2. The van der Waals surface area contributed by atoms with E-state index in [1.165, 1.54) is 0 Å². The molecular formula is C11H15ClN2O2. The minimum atomic E-state index is -0.202. The lowest BCUT2D eigenvalue weighted by atomic mass is 10.2. The molecule has 4 nitrogen and oxygen atoms in total. The highest BCUT2D eigenvalue weighted by molar-refractivity contribution is 6.30. The van der Waals surface area contributed by atoms with Gasteiger partial charge in [0.15, 0.2) is 0 Å². The fraction of sp³-hybridized carbons (Fsp3) is 0.364. The van der Waals surface area contributed by atoms with E-state index in [1.54, 1.807) is 19.2 Å². The predicted octanol–water partition coefficient (Wildman–Crippen LogP) is 1.79. The predicted molar refractivity (Wildman–Crippen MR) is 63.6 cm³/mol. The van der Waals surface area contributed by atoms with Gasteiger partial charge in [-0.25, -0.2) is 4.79 Å². The first-order valence-electron chi connectivity index (χ1n) is 4.97. The highest BCUT2D eigenvalue weighted by atomic mass is 35.5. The molecule has 1 aromatic carbocycles. The fourth-order valence-electron chi connectivity index (χ4n) is 1.11. The van der Waals surface area contributed by atoms with Gasteiger partial charge in [-0.2, -0.15) is 0 Å². The third kappa shape index (κ3) is 5.00. The summed E-state index contributed by atoms with van der Waals surface area (Å²) in [6.45, 7) is 1.49. The van der Waals surface area contributed by atoms with Crippen LogP contribution in [0.25, 0.3) is 0 Å². The molecule has 0 saturated carbocycles. The van der Waals surface area contributed by atoms with Crippen molar-refractivity contribution >= 4 is 17.6 Å². The van der Waals surface area contributed by atoms with Crippen LogP contribution in [0.2, 0.25) is 5.02 Å². The van der Waals surface area contributed by atoms with Crippen LogP contribution in [0.5, 0.6) is 0 Å². The standard InChI is InChI=1S/C11H15ClN2O2/c1-16-7-6-13-11(15)14-8-9-2-4-10(12)5-3-9/h2-5H,6-8H2,1H3,(H2,13,14,15). The highest BCUT2D eigenvalue weighted by Crippen LogP contribution is 2.08. The molecule has 1 rings (SSSR count). The van der Waals surface area contributed by atoms with Crippen molar-refractivity contribution in [1.82, 2.24) is 10.6 Å². The van der Waals surface area contributed by atoms with E-state index in [0.29, 0.717) is 24.7 Å². The van der Waals surface area contributed by atoms with E-state index in [2.05, 4.69) is 10.6 Å². The van der Waals surface area contributed by atoms with Crippen molar-refractivity contribution in [1.29, 1.82) is 0 Å². The van der Waals surface area contributed by atoms with Crippen molar-refractivity contribution in [2.75, 3.05) is 20.3 Å². The van der Waals surface area contributed by atoms with E-state index in [4.69, 9.17) is 16.3 Å². The van der Waals surface area contributed by atoms with Crippen LogP contribution in [0.4, 0.5) is 4.79 Å². The molecule has 88 valence electrons. The molecule has 5 heteroatoms. The molecule has 1 aromatic rings. The molecule has 0 unspecified atom stereocenters. The third-order valence-corrected chi connectivity index (χ3v) is 2.21.